The van der Waals surface area contributed by atoms with Gasteiger partial charge in [0, 0.05) is 48.2 Å². The van der Waals surface area contributed by atoms with Crippen molar-refractivity contribution < 1.29 is 23.5 Å². The highest BCUT2D eigenvalue weighted by Crippen LogP contribution is 2.65. The molecule has 1 aromatic carbocycles. The number of benzene rings is 1. The van der Waals surface area contributed by atoms with E-state index in [-0.39, 0.29) is 52.7 Å². The molecule has 1 aromatic heterocycles. The van der Waals surface area contributed by atoms with E-state index in [4.69, 9.17) is 13.9 Å². The van der Waals surface area contributed by atoms with E-state index in [0.717, 1.165) is 73.7 Å². The van der Waals surface area contributed by atoms with Crippen molar-refractivity contribution in [3.63, 3.8) is 0 Å². The SMILES string of the molecule is COc1cc(NC(C)CCCNC(=O)CCC(=O)O[C@H]2CC[C@H]3[C@@H]4CC=C5CC(O[Si](C)(C)C(C)(C)C)CC[C@]5(C)[C@H]4CC[C@]23C)c2ncccc2c1. The molecule has 2 unspecified atom stereocenters. The fraction of sp³-hybridized carbons (Fsp3) is 0.705. The minimum atomic E-state index is -1.80. The number of carbonyl (C=O) groups is 2. The Kier molecular flexibility index (Phi) is 11.8. The quantitative estimate of drug-likeness (QED) is 0.0912. The Hall–Kier alpha value is -2.91. The van der Waals surface area contributed by atoms with E-state index in [2.05, 4.69) is 76.3 Å². The normalized spacial score (nSPS) is 30.4. The van der Waals surface area contributed by atoms with Gasteiger partial charge >= 0.3 is 5.97 Å². The van der Waals surface area contributed by atoms with Crippen molar-refractivity contribution in [2.75, 3.05) is 19.0 Å². The first-order valence-electron chi connectivity index (χ1n) is 20.6. The number of hydrogen-bond donors (Lipinski definition) is 2. The van der Waals surface area contributed by atoms with Gasteiger partial charge in [0.05, 0.1) is 24.7 Å². The average molecular weight is 746 g/mol. The number of rotatable bonds is 13. The molecule has 8 nitrogen and oxygen atoms in total. The first-order valence-corrected chi connectivity index (χ1v) is 23.5. The zero-order valence-corrected chi connectivity index (χ0v) is 35.1. The van der Waals surface area contributed by atoms with Gasteiger partial charge in [-0.2, -0.15) is 0 Å². The number of amides is 1. The van der Waals surface area contributed by atoms with Crippen LogP contribution in [0.4, 0.5) is 5.69 Å². The molecule has 0 radical (unpaired) electrons. The molecule has 0 bridgehead atoms. The Morgan fingerprint density at radius 1 is 1.06 bits per heavy atom. The van der Waals surface area contributed by atoms with Crippen molar-refractivity contribution >= 4 is 36.8 Å². The number of hydrogen-bond acceptors (Lipinski definition) is 7. The number of aromatic nitrogens is 1. The summed E-state index contributed by atoms with van der Waals surface area (Å²) in [5.74, 6) is 2.39. The highest BCUT2D eigenvalue weighted by Gasteiger charge is 2.60. The van der Waals surface area contributed by atoms with Crippen LogP contribution in [0.25, 0.3) is 10.9 Å². The number of carbonyl (C=O) groups excluding carboxylic acids is 2. The summed E-state index contributed by atoms with van der Waals surface area (Å²) < 4.78 is 18.6. The van der Waals surface area contributed by atoms with Crippen LogP contribution in [-0.4, -0.2) is 57.1 Å². The van der Waals surface area contributed by atoms with Crippen molar-refractivity contribution in [2.45, 2.75) is 155 Å². The monoisotopic (exact) mass is 745 g/mol. The van der Waals surface area contributed by atoms with Gasteiger partial charge in [-0.05, 0) is 125 Å². The lowest BCUT2D eigenvalue weighted by atomic mass is 9.48. The van der Waals surface area contributed by atoms with E-state index >= 15 is 0 Å². The summed E-state index contributed by atoms with van der Waals surface area (Å²) in [5, 5.41) is 7.83. The molecule has 3 fully saturated rings. The molecule has 0 saturated heterocycles. The third kappa shape index (κ3) is 8.36. The van der Waals surface area contributed by atoms with Crippen molar-refractivity contribution in [2.24, 2.45) is 28.6 Å². The summed E-state index contributed by atoms with van der Waals surface area (Å²) in [6, 6.07) is 8.10. The molecule has 292 valence electrons. The second-order valence-corrected chi connectivity index (χ2v) is 23.6. The van der Waals surface area contributed by atoms with E-state index in [1.54, 1.807) is 18.9 Å². The molecule has 6 rings (SSSR count). The van der Waals surface area contributed by atoms with Crippen LogP contribution < -0.4 is 15.4 Å². The van der Waals surface area contributed by atoms with Crippen molar-refractivity contribution in [1.82, 2.24) is 10.3 Å². The van der Waals surface area contributed by atoms with E-state index < -0.39 is 8.32 Å². The highest BCUT2D eigenvalue weighted by molar-refractivity contribution is 6.74. The maximum atomic E-state index is 13.1. The third-order valence-corrected chi connectivity index (χ3v) is 19.1. The van der Waals surface area contributed by atoms with Crippen LogP contribution in [0.15, 0.2) is 42.1 Å². The van der Waals surface area contributed by atoms with E-state index in [9.17, 15) is 9.59 Å². The maximum absolute atomic E-state index is 13.1. The summed E-state index contributed by atoms with van der Waals surface area (Å²) in [6.07, 6.45) is 15.7. The van der Waals surface area contributed by atoms with Gasteiger partial charge in [0.15, 0.2) is 8.32 Å². The highest BCUT2D eigenvalue weighted by atomic mass is 28.4. The lowest BCUT2D eigenvalue weighted by molar-refractivity contribution is -0.160. The third-order valence-electron chi connectivity index (χ3n) is 14.5. The predicted octanol–water partition coefficient (Wildman–Crippen LogP) is 9.99. The minimum absolute atomic E-state index is 0.0153. The summed E-state index contributed by atoms with van der Waals surface area (Å²) in [4.78, 5) is 30.4. The van der Waals surface area contributed by atoms with Gasteiger partial charge in [-0.1, -0.05) is 52.3 Å². The Morgan fingerprint density at radius 2 is 1.85 bits per heavy atom. The Bertz CT molecular complexity index is 1670. The number of anilines is 1. The van der Waals surface area contributed by atoms with Gasteiger partial charge in [-0.3, -0.25) is 14.6 Å². The fourth-order valence-corrected chi connectivity index (χ4v) is 11.7. The molecule has 9 heteroatoms. The van der Waals surface area contributed by atoms with Crippen LogP contribution in [0.2, 0.25) is 18.1 Å². The first kappa shape index (κ1) is 39.8. The number of esters is 1. The minimum Gasteiger partial charge on any atom is -0.497 e. The Morgan fingerprint density at radius 3 is 2.60 bits per heavy atom. The zero-order chi connectivity index (χ0) is 38.2. The van der Waals surface area contributed by atoms with Crippen molar-refractivity contribution in [1.29, 1.82) is 0 Å². The maximum Gasteiger partial charge on any atom is 0.306 e. The van der Waals surface area contributed by atoms with E-state index in [0.29, 0.717) is 30.4 Å². The summed E-state index contributed by atoms with van der Waals surface area (Å²) in [5.41, 5.74) is 3.78. The van der Waals surface area contributed by atoms with Crippen LogP contribution in [-0.2, 0) is 18.8 Å². The molecule has 0 spiro atoms. The second-order valence-electron chi connectivity index (χ2n) is 18.9. The van der Waals surface area contributed by atoms with Crippen molar-refractivity contribution in [3.8, 4) is 5.75 Å². The zero-order valence-electron chi connectivity index (χ0n) is 34.1. The molecule has 2 N–H and O–H groups in total. The molecule has 2 aromatic rings. The molecule has 1 heterocycles. The molecule has 53 heavy (non-hydrogen) atoms. The number of nitrogens with zero attached hydrogens (tertiary/aromatic N) is 1. The molecule has 0 aliphatic heterocycles. The second kappa shape index (κ2) is 15.7. The van der Waals surface area contributed by atoms with E-state index in [1.807, 2.05) is 24.3 Å². The van der Waals surface area contributed by atoms with Gasteiger partial charge in [0.2, 0.25) is 5.91 Å². The number of ether oxygens (including phenoxy) is 2. The van der Waals surface area contributed by atoms with Crippen LogP contribution in [0.5, 0.6) is 5.75 Å². The summed E-state index contributed by atoms with van der Waals surface area (Å²) >= 11 is 0. The molecule has 8 atom stereocenters. The number of fused-ring (bicyclic) bond motifs is 6. The fourth-order valence-electron chi connectivity index (χ4n) is 10.4. The van der Waals surface area contributed by atoms with Crippen LogP contribution >= 0.6 is 0 Å². The standard InChI is InChI=1S/C44H67N3O5Si/c1-29(47-37-28-33(50-7)26-30-13-11-25-46-41(30)37)12-10-24-45-39(48)18-19-40(49)51-38-17-16-35-34-15-14-31-27-32(52-53(8,9)42(2,3)4)20-22-43(31,5)36(34)21-23-44(35,38)6/h11,13-14,25-26,28-29,32,34-36,38,47H,10,12,15-24,27H2,1-9H3,(H,45,48)/t29?,32?,34-,35-,36-,38-,43-,44-/m0/s1. The largest absolute Gasteiger partial charge is 0.497 e. The van der Waals surface area contributed by atoms with Crippen LogP contribution in [0, 0.1) is 28.6 Å². The number of methoxy groups -OCH3 is 1. The molecular formula is C44H67N3O5Si. The number of pyridine rings is 1. The molecule has 1 amide bonds. The van der Waals surface area contributed by atoms with Crippen LogP contribution in [0.3, 0.4) is 0 Å². The van der Waals surface area contributed by atoms with Gasteiger partial charge in [0.1, 0.15) is 11.9 Å². The predicted molar refractivity (Wildman–Crippen MR) is 217 cm³/mol. The van der Waals surface area contributed by atoms with Crippen LogP contribution in [0.1, 0.15) is 119 Å². The van der Waals surface area contributed by atoms with Gasteiger partial charge in [-0.15, -0.1) is 0 Å². The van der Waals surface area contributed by atoms with Gasteiger partial charge in [-0.25, -0.2) is 0 Å². The first-order chi connectivity index (χ1) is 25.0. The molecular weight excluding hydrogens is 679 g/mol. The molecule has 4 aliphatic rings. The van der Waals surface area contributed by atoms with Gasteiger partial charge in [0.25, 0.3) is 0 Å². The Balaban J connectivity index is 0.936. The number of nitrogens with one attached hydrogen (secondary N) is 2. The summed E-state index contributed by atoms with van der Waals surface area (Å²) in [7, 11) is -0.130. The molecule has 3 saturated carbocycles. The lowest BCUT2D eigenvalue weighted by Crippen LogP contribution is -2.52. The lowest BCUT2D eigenvalue weighted by Gasteiger charge is -2.58. The number of allylic oxidation sites excluding steroid dienone is 1. The Labute approximate surface area is 320 Å². The summed E-state index contributed by atoms with van der Waals surface area (Å²) in [6.45, 7) is 19.4. The molecule has 4 aliphatic carbocycles. The van der Waals surface area contributed by atoms with Crippen molar-refractivity contribution in [3.05, 3.63) is 42.1 Å². The topological polar surface area (TPSA) is 98.8 Å². The average Bonchev–Trinajstić information content (AvgIpc) is 3.44. The van der Waals surface area contributed by atoms with Gasteiger partial charge < -0.3 is 24.5 Å². The smallest absolute Gasteiger partial charge is 0.306 e. The van der Waals surface area contributed by atoms with E-state index in [1.165, 1.54) is 12.8 Å².